The van der Waals surface area contributed by atoms with Crippen LogP contribution < -0.4 is 5.32 Å². The van der Waals surface area contributed by atoms with Crippen LogP contribution in [0.25, 0.3) is 11.5 Å². The van der Waals surface area contributed by atoms with Crippen LogP contribution in [0, 0.1) is 0 Å². The van der Waals surface area contributed by atoms with Crippen LogP contribution in [0.2, 0.25) is 5.02 Å². The van der Waals surface area contributed by atoms with Crippen molar-refractivity contribution in [3.8, 4) is 11.5 Å². The molecule has 2 amide bonds. The minimum Gasteiger partial charge on any atom is -0.419 e. The van der Waals surface area contributed by atoms with Gasteiger partial charge in [-0.3, -0.25) is 9.59 Å². The lowest BCUT2D eigenvalue weighted by Crippen LogP contribution is -2.33. The molecule has 1 fully saturated rings. The Morgan fingerprint density at radius 3 is 2.87 bits per heavy atom. The molecule has 0 spiro atoms. The second kappa shape index (κ2) is 7.77. The average Bonchev–Trinajstić information content (AvgIpc) is 3.49. The predicted octanol–water partition coefficient (Wildman–Crippen LogP) is 4.24. The molecule has 152 valence electrons. The number of aromatic nitrogens is 2. The number of benzene rings is 2. The van der Waals surface area contributed by atoms with Gasteiger partial charge in [-0.05, 0) is 43.2 Å². The van der Waals surface area contributed by atoms with E-state index in [4.69, 9.17) is 16.0 Å². The monoisotopic (exact) mass is 440 g/mol. The first-order chi connectivity index (χ1) is 14.6. The summed E-state index contributed by atoms with van der Waals surface area (Å²) in [6.07, 6.45) is 1.88. The highest BCUT2D eigenvalue weighted by molar-refractivity contribution is 8.00. The van der Waals surface area contributed by atoms with Gasteiger partial charge in [0.15, 0.2) is 0 Å². The van der Waals surface area contributed by atoms with E-state index in [2.05, 4.69) is 15.5 Å². The van der Waals surface area contributed by atoms with E-state index in [0.29, 0.717) is 39.4 Å². The number of rotatable bonds is 5. The Morgan fingerprint density at radius 2 is 2.07 bits per heavy atom. The standard InChI is InChI=1S/C21H17ClN4O3S/c22-15-4-2-1-3-14(15)20-25-24-19(29-20)10-26(13-6-7-13)21(28)12-5-8-17-16(9-12)23-18(27)11-30-17/h1-5,8-9,13H,6-7,10-11H2,(H,23,27). The van der Waals surface area contributed by atoms with Crippen LogP contribution in [0.4, 0.5) is 5.69 Å². The summed E-state index contributed by atoms with van der Waals surface area (Å²) in [4.78, 5) is 27.6. The van der Waals surface area contributed by atoms with E-state index in [0.717, 1.165) is 17.7 Å². The Labute approximate surface area is 181 Å². The maximum atomic E-state index is 13.2. The van der Waals surface area contributed by atoms with Crippen molar-refractivity contribution in [2.45, 2.75) is 30.3 Å². The van der Waals surface area contributed by atoms with E-state index >= 15 is 0 Å². The lowest BCUT2D eigenvalue weighted by Gasteiger charge is -2.22. The molecule has 0 saturated heterocycles. The van der Waals surface area contributed by atoms with Gasteiger partial charge in [-0.2, -0.15) is 0 Å². The number of halogens is 1. The first-order valence-electron chi connectivity index (χ1n) is 9.53. The van der Waals surface area contributed by atoms with Gasteiger partial charge in [0, 0.05) is 16.5 Å². The zero-order chi connectivity index (χ0) is 20.7. The van der Waals surface area contributed by atoms with Gasteiger partial charge in [-0.1, -0.05) is 23.7 Å². The minimum absolute atomic E-state index is 0.0610. The minimum atomic E-state index is -0.123. The summed E-state index contributed by atoms with van der Waals surface area (Å²) in [6.45, 7) is 0.221. The Kier molecular flexibility index (Phi) is 4.96. The Hall–Kier alpha value is -2.84. The molecule has 1 N–H and O–H groups in total. The van der Waals surface area contributed by atoms with Crippen molar-refractivity contribution < 1.29 is 14.0 Å². The number of thioether (sulfide) groups is 1. The summed E-state index contributed by atoms with van der Waals surface area (Å²) in [7, 11) is 0. The molecule has 9 heteroatoms. The summed E-state index contributed by atoms with van der Waals surface area (Å²) < 4.78 is 5.79. The average molecular weight is 441 g/mol. The number of nitrogens with zero attached hydrogens (tertiary/aromatic N) is 3. The van der Waals surface area contributed by atoms with Gasteiger partial charge in [-0.15, -0.1) is 22.0 Å². The summed E-state index contributed by atoms with van der Waals surface area (Å²) >= 11 is 7.68. The molecule has 0 unspecified atom stereocenters. The molecule has 1 aliphatic carbocycles. The van der Waals surface area contributed by atoms with E-state index in [1.165, 1.54) is 11.8 Å². The normalized spacial score (nSPS) is 15.4. The fourth-order valence-electron chi connectivity index (χ4n) is 3.34. The highest BCUT2D eigenvalue weighted by Gasteiger charge is 2.34. The van der Waals surface area contributed by atoms with Crippen molar-refractivity contribution in [2.24, 2.45) is 0 Å². The molecule has 1 saturated carbocycles. The van der Waals surface area contributed by atoms with Gasteiger partial charge in [0.1, 0.15) is 0 Å². The molecule has 1 aliphatic heterocycles. The summed E-state index contributed by atoms with van der Waals surface area (Å²) in [5, 5.41) is 11.6. The quantitative estimate of drug-likeness (QED) is 0.638. The van der Waals surface area contributed by atoms with Crippen molar-refractivity contribution >= 4 is 40.9 Å². The Bertz CT molecular complexity index is 1140. The smallest absolute Gasteiger partial charge is 0.254 e. The molecule has 3 aromatic rings. The molecular formula is C21H17ClN4O3S. The fourth-order valence-corrected chi connectivity index (χ4v) is 4.35. The summed E-state index contributed by atoms with van der Waals surface area (Å²) in [6, 6.07) is 12.8. The number of carbonyl (C=O) groups is 2. The molecule has 30 heavy (non-hydrogen) atoms. The van der Waals surface area contributed by atoms with Crippen LogP contribution >= 0.6 is 23.4 Å². The molecule has 0 bridgehead atoms. The molecule has 0 radical (unpaired) electrons. The van der Waals surface area contributed by atoms with Crippen molar-refractivity contribution in [1.29, 1.82) is 0 Å². The first-order valence-corrected chi connectivity index (χ1v) is 10.9. The third-order valence-corrected chi connectivity index (χ3v) is 6.39. The van der Waals surface area contributed by atoms with Gasteiger partial charge < -0.3 is 14.6 Å². The van der Waals surface area contributed by atoms with Gasteiger partial charge in [0.05, 0.1) is 28.6 Å². The third kappa shape index (κ3) is 3.80. The Balaban J connectivity index is 1.38. The van der Waals surface area contributed by atoms with E-state index in [1.807, 2.05) is 24.3 Å². The molecule has 1 aromatic heterocycles. The topological polar surface area (TPSA) is 88.3 Å². The van der Waals surface area contributed by atoms with Gasteiger partial charge in [0.25, 0.3) is 5.91 Å². The van der Waals surface area contributed by atoms with Crippen LogP contribution in [0.3, 0.4) is 0 Å². The lowest BCUT2D eigenvalue weighted by atomic mass is 10.1. The second-order valence-electron chi connectivity index (χ2n) is 7.19. The second-order valence-corrected chi connectivity index (χ2v) is 8.62. The maximum absolute atomic E-state index is 13.2. The van der Waals surface area contributed by atoms with E-state index in [-0.39, 0.29) is 24.4 Å². The largest absolute Gasteiger partial charge is 0.419 e. The number of hydrogen-bond acceptors (Lipinski definition) is 6. The van der Waals surface area contributed by atoms with Crippen molar-refractivity contribution in [3.05, 3.63) is 58.9 Å². The van der Waals surface area contributed by atoms with E-state index < -0.39 is 0 Å². The van der Waals surface area contributed by atoms with Crippen LogP contribution in [-0.2, 0) is 11.3 Å². The highest BCUT2D eigenvalue weighted by atomic mass is 35.5. The zero-order valence-electron chi connectivity index (χ0n) is 15.8. The molecule has 7 nitrogen and oxygen atoms in total. The maximum Gasteiger partial charge on any atom is 0.254 e. The number of anilines is 1. The lowest BCUT2D eigenvalue weighted by molar-refractivity contribution is -0.113. The van der Waals surface area contributed by atoms with Crippen LogP contribution in [0.1, 0.15) is 29.1 Å². The molecule has 2 aliphatic rings. The molecule has 0 atom stereocenters. The number of amides is 2. The van der Waals surface area contributed by atoms with Crippen LogP contribution in [0.5, 0.6) is 0 Å². The fraction of sp³-hybridized carbons (Fsp3) is 0.238. The number of nitrogens with one attached hydrogen (secondary N) is 1. The number of fused-ring (bicyclic) bond motifs is 1. The first kappa shape index (κ1) is 19.1. The van der Waals surface area contributed by atoms with Crippen molar-refractivity contribution in [3.63, 3.8) is 0 Å². The Morgan fingerprint density at radius 1 is 1.23 bits per heavy atom. The van der Waals surface area contributed by atoms with Crippen LogP contribution in [0.15, 0.2) is 51.8 Å². The van der Waals surface area contributed by atoms with E-state index in [9.17, 15) is 9.59 Å². The van der Waals surface area contributed by atoms with Crippen molar-refractivity contribution in [1.82, 2.24) is 15.1 Å². The summed E-state index contributed by atoms with van der Waals surface area (Å²) in [5.74, 6) is 0.885. The molecular weight excluding hydrogens is 424 g/mol. The molecule has 2 heterocycles. The SMILES string of the molecule is O=C1CSc2ccc(C(=O)N(Cc3nnc(-c4ccccc4Cl)o3)C3CC3)cc2N1. The summed E-state index contributed by atoms with van der Waals surface area (Å²) in [5.41, 5.74) is 1.86. The van der Waals surface area contributed by atoms with Crippen molar-refractivity contribution in [2.75, 3.05) is 11.1 Å². The third-order valence-electron chi connectivity index (χ3n) is 4.98. The van der Waals surface area contributed by atoms with Gasteiger partial charge >= 0.3 is 0 Å². The van der Waals surface area contributed by atoms with Gasteiger partial charge in [-0.25, -0.2) is 0 Å². The zero-order valence-corrected chi connectivity index (χ0v) is 17.4. The van der Waals surface area contributed by atoms with Gasteiger partial charge in [0.2, 0.25) is 17.7 Å². The molecule has 2 aromatic carbocycles. The number of hydrogen-bond donors (Lipinski definition) is 1. The predicted molar refractivity (Wildman–Crippen MR) is 113 cm³/mol. The van der Waals surface area contributed by atoms with E-state index in [1.54, 1.807) is 23.1 Å². The molecule has 5 rings (SSSR count). The van der Waals surface area contributed by atoms with Crippen LogP contribution in [-0.4, -0.2) is 38.7 Å². The highest BCUT2D eigenvalue weighted by Crippen LogP contribution is 2.35. The number of carbonyl (C=O) groups excluding carboxylic acids is 2.